The molecular formula is C21H17ClN6OS. The van der Waals surface area contributed by atoms with Gasteiger partial charge in [-0.3, -0.25) is 0 Å². The Labute approximate surface area is 182 Å². The monoisotopic (exact) mass is 436 g/mol. The molecule has 9 heteroatoms. The Morgan fingerprint density at radius 3 is 2.63 bits per heavy atom. The number of aromatic amines is 1. The lowest BCUT2D eigenvalue weighted by molar-refractivity contribution is 0.401. The van der Waals surface area contributed by atoms with Crippen LogP contribution in [-0.4, -0.2) is 35.1 Å². The maximum atomic E-state index is 10.8. The highest BCUT2D eigenvalue weighted by Gasteiger charge is 2.22. The summed E-state index contributed by atoms with van der Waals surface area (Å²) >= 11 is 7.26. The Hall–Kier alpha value is -3.28. The maximum Gasteiger partial charge on any atom is 0.191 e. The number of hydrogen-bond acceptors (Lipinski definition) is 6. The summed E-state index contributed by atoms with van der Waals surface area (Å²) in [6.07, 6.45) is 0. The number of rotatable bonds is 5. The van der Waals surface area contributed by atoms with Gasteiger partial charge in [-0.25, -0.2) is 4.98 Å². The van der Waals surface area contributed by atoms with E-state index in [4.69, 9.17) is 11.6 Å². The Morgan fingerprint density at radius 2 is 1.93 bits per heavy atom. The van der Waals surface area contributed by atoms with Crippen LogP contribution in [0.1, 0.15) is 12.7 Å². The molecule has 0 bridgehead atoms. The van der Waals surface area contributed by atoms with Crippen molar-refractivity contribution in [2.45, 2.75) is 17.3 Å². The minimum atomic E-state index is -0.436. The lowest BCUT2D eigenvalue weighted by Crippen LogP contribution is -2.06. The van der Waals surface area contributed by atoms with Crippen LogP contribution in [0.5, 0.6) is 0 Å². The number of imidazole rings is 1. The second-order valence-corrected chi connectivity index (χ2v) is 8.35. The van der Waals surface area contributed by atoms with Crippen LogP contribution >= 0.6 is 23.4 Å². The van der Waals surface area contributed by atoms with Crippen LogP contribution in [0.3, 0.4) is 0 Å². The van der Waals surface area contributed by atoms with Crippen molar-refractivity contribution in [2.75, 3.05) is 0 Å². The SMILES string of the molecule is CC(Sc1nnc(-c2ccc(Cl)cc2)n1C)/C(O)=C(\C#N)c1nc2ccccc2[nH]1. The lowest BCUT2D eigenvalue weighted by Gasteiger charge is -2.11. The molecule has 1 unspecified atom stereocenters. The highest BCUT2D eigenvalue weighted by Crippen LogP contribution is 2.31. The van der Waals surface area contributed by atoms with Crippen LogP contribution in [0.4, 0.5) is 0 Å². The topological polar surface area (TPSA) is 103 Å². The number of aromatic nitrogens is 5. The van der Waals surface area contributed by atoms with Crippen molar-refractivity contribution in [3.63, 3.8) is 0 Å². The highest BCUT2D eigenvalue weighted by molar-refractivity contribution is 7.99. The molecule has 0 radical (unpaired) electrons. The number of fused-ring (bicyclic) bond motifs is 1. The highest BCUT2D eigenvalue weighted by atomic mass is 35.5. The van der Waals surface area contributed by atoms with Gasteiger partial charge in [-0.2, -0.15) is 5.26 Å². The third-order valence-electron chi connectivity index (χ3n) is 4.60. The standard InChI is InChI=1S/C21H17ClN6OS/c1-12(18(29)15(11-23)19-24-16-5-3-4-6-17(16)25-19)30-21-27-26-20(28(21)2)13-7-9-14(22)10-8-13/h3-10,12,29H,1-2H3,(H,24,25)/b18-15-. The molecule has 0 amide bonds. The molecule has 0 saturated carbocycles. The van der Waals surface area contributed by atoms with Crippen LogP contribution < -0.4 is 0 Å². The summed E-state index contributed by atoms with van der Waals surface area (Å²) in [7, 11) is 1.85. The van der Waals surface area contributed by atoms with Crippen molar-refractivity contribution in [3.8, 4) is 17.5 Å². The van der Waals surface area contributed by atoms with Crippen LogP contribution in [0.25, 0.3) is 28.0 Å². The van der Waals surface area contributed by atoms with E-state index in [1.807, 2.05) is 48.0 Å². The van der Waals surface area contributed by atoms with Crippen molar-refractivity contribution in [3.05, 3.63) is 65.1 Å². The van der Waals surface area contributed by atoms with Gasteiger partial charge >= 0.3 is 0 Å². The van der Waals surface area contributed by atoms with Gasteiger partial charge in [0.2, 0.25) is 0 Å². The lowest BCUT2D eigenvalue weighted by atomic mass is 10.2. The number of thioether (sulfide) groups is 1. The van der Waals surface area contributed by atoms with Crippen molar-refractivity contribution >= 4 is 40.0 Å². The van der Waals surface area contributed by atoms with Crippen LogP contribution in [0.2, 0.25) is 5.02 Å². The Balaban J connectivity index is 1.61. The summed E-state index contributed by atoms with van der Waals surface area (Å²) in [5.74, 6) is 0.948. The zero-order valence-corrected chi connectivity index (χ0v) is 17.7. The van der Waals surface area contributed by atoms with Gasteiger partial charge in [-0.1, -0.05) is 35.5 Å². The van der Waals surface area contributed by atoms with Gasteiger partial charge in [0.25, 0.3) is 0 Å². The molecular weight excluding hydrogens is 420 g/mol. The summed E-state index contributed by atoms with van der Waals surface area (Å²) in [5, 5.41) is 29.7. The number of benzene rings is 2. The molecule has 4 rings (SSSR count). The third kappa shape index (κ3) is 3.77. The quantitative estimate of drug-likeness (QED) is 0.259. The number of halogens is 1. The molecule has 0 saturated heterocycles. The molecule has 0 aliphatic heterocycles. The minimum absolute atomic E-state index is 0.0717. The van der Waals surface area contributed by atoms with Gasteiger partial charge in [0.05, 0.1) is 16.3 Å². The Bertz CT molecular complexity index is 1250. The molecule has 0 aliphatic carbocycles. The number of H-pyrrole nitrogens is 1. The van der Waals surface area contributed by atoms with Gasteiger partial charge < -0.3 is 14.7 Å². The maximum absolute atomic E-state index is 10.8. The van der Waals surface area contributed by atoms with Gasteiger partial charge in [0.15, 0.2) is 16.8 Å². The van der Waals surface area contributed by atoms with E-state index >= 15 is 0 Å². The number of allylic oxidation sites excluding steroid dienone is 1. The molecule has 2 heterocycles. The fourth-order valence-electron chi connectivity index (χ4n) is 2.99. The molecule has 1 atom stereocenters. The smallest absolute Gasteiger partial charge is 0.191 e. The summed E-state index contributed by atoms with van der Waals surface area (Å²) in [6, 6.07) is 16.9. The fourth-order valence-corrected chi connectivity index (χ4v) is 3.99. The summed E-state index contributed by atoms with van der Waals surface area (Å²) in [4.78, 5) is 7.50. The number of aliphatic hydroxyl groups is 1. The van der Waals surface area contributed by atoms with E-state index in [9.17, 15) is 10.4 Å². The molecule has 4 aromatic rings. The number of nitriles is 1. The average molecular weight is 437 g/mol. The predicted molar refractivity (Wildman–Crippen MR) is 118 cm³/mol. The normalized spacial score (nSPS) is 13.1. The van der Waals surface area contributed by atoms with Crippen LogP contribution in [0, 0.1) is 11.3 Å². The number of nitrogens with one attached hydrogen (secondary N) is 1. The van der Waals surface area contributed by atoms with Gasteiger partial charge in [0.1, 0.15) is 17.4 Å². The van der Waals surface area contributed by atoms with E-state index in [2.05, 4.69) is 26.2 Å². The summed E-state index contributed by atoms with van der Waals surface area (Å²) in [5.41, 5.74) is 2.52. The molecule has 0 fully saturated rings. The third-order valence-corrected chi connectivity index (χ3v) is 5.99. The van der Waals surface area contributed by atoms with Crippen LogP contribution in [0.15, 0.2) is 59.4 Å². The largest absolute Gasteiger partial charge is 0.510 e. The minimum Gasteiger partial charge on any atom is -0.510 e. The molecule has 0 aliphatic rings. The van der Waals surface area contributed by atoms with Crippen molar-refractivity contribution in [2.24, 2.45) is 7.05 Å². The second kappa shape index (κ2) is 8.22. The molecule has 30 heavy (non-hydrogen) atoms. The summed E-state index contributed by atoms with van der Waals surface area (Å²) < 4.78 is 1.84. The van der Waals surface area contributed by atoms with Gasteiger partial charge in [0, 0.05) is 17.6 Å². The first-order chi connectivity index (χ1) is 14.5. The molecule has 7 nitrogen and oxygen atoms in total. The van der Waals surface area contributed by atoms with E-state index in [-0.39, 0.29) is 11.3 Å². The Kier molecular flexibility index (Phi) is 5.48. The first-order valence-corrected chi connectivity index (χ1v) is 10.3. The van der Waals surface area contributed by atoms with Crippen molar-refractivity contribution in [1.82, 2.24) is 24.7 Å². The molecule has 2 aromatic carbocycles. The number of para-hydroxylation sites is 2. The predicted octanol–water partition coefficient (Wildman–Crippen LogP) is 4.99. The van der Waals surface area contributed by atoms with E-state index < -0.39 is 5.25 Å². The van der Waals surface area contributed by atoms with Crippen molar-refractivity contribution in [1.29, 1.82) is 5.26 Å². The van der Waals surface area contributed by atoms with Gasteiger partial charge in [-0.05, 0) is 43.3 Å². The number of hydrogen-bond donors (Lipinski definition) is 2. The van der Waals surface area contributed by atoms with Crippen LogP contribution in [-0.2, 0) is 7.05 Å². The number of nitrogens with zero attached hydrogens (tertiary/aromatic N) is 5. The number of aliphatic hydroxyl groups excluding tert-OH is 1. The fraction of sp³-hybridized carbons (Fsp3) is 0.143. The van der Waals surface area contributed by atoms with Crippen molar-refractivity contribution < 1.29 is 5.11 Å². The van der Waals surface area contributed by atoms with E-state index in [0.29, 0.717) is 21.8 Å². The van der Waals surface area contributed by atoms with E-state index in [1.54, 1.807) is 19.1 Å². The summed E-state index contributed by atoms with van der Waals surface area (Å²) in [6.45, 7) is 1.80. The first-order valence-electron chi connectivity index (χ1n) is 9.08. The molecule has 0 spiro atoms. The zero-order chi connectivity index (χ0) is 21.3. The first kappa shape index (κ1) is 20.0. The average Bonchev–Trinajstić information content (AvgIpc) is 3.33. The Morgan fingerprint density at radius 1 is 1.20 bits per heavy atom. The van der Waals surface area contributed by atoms with E-state index in [0.717, 1.165) is 16.6 Å². The zero-order valence-electron chi connectivity index (χ0n) is 16.2. The molecule has 2 aromatic heterocycles. The van der Waals surface area contributed by atoms with E-state index in [1.165, 1.54) is 11.8 Å². The second-order valence-electron chi connectivity index (χ2n) is 6.61. The van der Waals surface area contributed by atoms with Gasteiger partial charge in [-0.15, -0.1) is 10.2 Å². The molecule has 2 N–H and O–H groups in total. The molecule has 150 valence electrons.